The van der Waals surface area contributed by atoms with E-state index in [0.717, 1.165) is 5.56 Å². The third-order valence-corrected chi connectivity index (χ3v) is 5.73. The lowest BCUT2D eigenvalue weighted by molar-refractivity contribution is -0.0221. The molecule has 2 N–H and O–H groups in total. The van der Waals surface area contributed by atoms with Gasteiger partial charge in [-0.25, -0.2) is 18.6 Å². The molecule has 168 valence electrons. The number of halogens is 2. The number of para-hydroxylation sites is 1. The number of carboxylic acids is 1. The van der Waals surface area contributed by atoms with Gasteiger partial charge >= 0.3 is 5.97 Å². The van der Waals surface area contributed by atoms with Gasteiger partial charge in [-0.3, -0.25) is 9.20 Å². The highest BCUT2D eigenvalue weighted by Gasteiger charge is 2.34. The zero-order valence-corrected chi connectivity index (χ0v) is 17.8. The van der Waals surface area contributed by atoms with Gasteiger partial charge in [-0.05, 0) is 37.6 Å². The summed E-state index contributed by atoms with van der Waals surface area (Å²) < 4.78 is 28.6. The molecule has 0 unspecified atom stereocenters. The van der Waals surface area contributed by atoms with Crippen LogP contribution in [-0.4, -0.2) is 39.5 Å². The van der Waals surface area contributed by atoms with Crippen LogP contribution in [0.5, 0.6) is 0 Å². The molecule has 1 aromatic carbocycles. The van der Waals surface area contributed by atoms with Crippen molar-refractivity contribution >= 4 is 23.1 Å². The van der Waals surface area contributed by atoms with Crippen LogP contribution >= 0.6 is 0 Å². The van der Waals surface area contributed by atoms with Crippen molar-refractivity contribution in [2.24, 2.45) is 0 Å². The molecule has 1 saturated heterocycles. The van der Waals surface area contributed by atoms with E-state index < -0.39 is 11.9 Å². The predicted octanol–water partition coefficient (Wildman–Crippen LogP) is 4.11. The molecule has 7 nitrogen and oxygen atoms in total. The van der Waals surface area contributed by atoms with Crippen molar-refractivity contribution in [1.82, 2.24) is 9.38 Å². The highest BCUT2D eigenvalue weighted by molar-refractivity contribution is 5.94. The molecule has 0 radical (unpaired) electrons. The first-order valence-electron chi connectivity index (χ1n) is 10.4. The first kappa shape index (κ1) is 21.7. The molecule has 2 aromatic heterocycles. The van der Waals surface area contributed by atoms with Gasteiger partial charge in [0.2, 0.25) is 0 Å². The number of aryl methyl sites for hydroxylation is 1. The van der Waals surface area contributed by atoms with Crippen molar-refractivity contribution in [1.29, 1.82) is 0 Å². The van der Waals surface area contributed by atoms with E-state index in [-0.39, 0.29) is 43.1 Å². The second kappa shape index (κ2) is 8.22. The largest absolute Gasteiger partial charge is 0.478 e. The van der Waals surface area contributed by atoms with E-state index in [1.165, 1.54) is 16.5 Å². The van der Waals surface area contributed by atoms with Gasteiger partial charge in [0.05, 0.1) is 11.6 Å². The second-order valence-corrected chi connectivity index (χ2v) is 8.18. The number of nitrogens with zero attached hydrogens (tertiary/aromatic N) is 3. The number of alkyl halides is 2. The van der Waals surface area contributed by atoms with Gasteiger partial charge in [-0.1, -0.05) is 12.1 Å². The van der Waals surface area contributed by atoms with Crippen LogP contribution in [0.3, 0.4) is 0 Å². The van der Waals surface area contributed by atoms with Crippen LogP contribution in [-0.2, 0) is 0 Å². The third-order valence-electron chi connectivity index (χ3n) is 5.73. The molecule has 0 saturated carbocycles. The highest BCUT2D eigenvalue weighted by atomic mass is 19.3. The molecule has 3 heterocycles. The van der Waals surface area contributed by atoms with E-state index in [9.17, 15) is 23.5 Å². The van der Waals surface area contributed by atoms with Gasteiger partial charge in [0.1, 0.15) is 11.5 Å². The fraction of sp³-hybridized carbons (Fsp3) is 0.348. The molecule has 4 rings (SSSR count). The van der Waals surface area contributed by atoms with Crippen LogP contribution in [0.25, 0.3) is 5.65 Å². The molecule has 0 aliphatic carbocycles. The van der Waals surface area contributed by atoms with Gasteiger partial charge in [0.25, 0.3) is 11.5 Å². The Morgan fingerprint density at radius 2 is 1.91 bits per heavy atom. The van der Waals surface area contributed by atoms with Crippen LogP contribution < -0.4 is 15.8 Å². The highest BCUT2D eigenvalue weighted by Crippen LogP contribution is 2.30. The minimum absolute atomic E-state index is 0.122. The number of nitrogens with one attached hydrogen (secondary N) is 1. The number of rotatable bonds is 5. The standard InChI is InChI=1S/C23H24F2N4O3/c1-14-11-17(15(2)26-18-6-4-3-5-16(18)22(31)32)21-27-19(12-20(30)29(21)13-14)28-9-7-23(24,25)8-10-28/h3-6,11-13,15,26H,7-10H2,1-2H3,(H,31,32)/t15-/m1/s1. The number of pyridine rings is 1. The fourth-order valence-electron chi connectivity index (χ4n) is 4.01. The van der Waals surface area contributed by atoms with Crippen LogP contribution in [0.15, 0.2) is 47.4 Å². The summed E-state index contributed by atoms with van der Waals surface area (Å²) in [5.74, 6) is -3.37. The average Bonchev–Trinajstić information content (AvgIpc) is 2.74. The Morgan fingerprint density at radius 1 is 1.22 bits per heavy atom. The van der Waals surface area contributed by atoms with E-state index in [4.69, 9.17) is 0 Å². The van der Waals surface area contributed by atoms with Crippen molar-refractivity contribution in [3.63, 3.8) is 0 Å². The van der Waals surface area contributed by atoms with E-state index in [1.54, 1.807) is 29.3 Å². The topological polar surface area (TPSA) is 86.9 Å². The van der Waals surface area contributed by atoms with Crippen LogP contribution in [0.1, 0.15) is 47.3 Å². The lowest BCUT2D eigenvalue weighted by Crippen LogP contribution is -2.40. The van der Waals surface area contributed by atoms with Crippen LogP contribution in [0, 0.1) is 6.92 Å². The summed E-state index contributed by atoms with van der Waals surface area (Å²) in [6.07, 6.45) is 1.12. The van der Waals surface area contributed by atoms with E-state index in [2.05, 4.69) is 10.3 Å². The van der Waals surface area contributed by atoms with Gasteiger partial charge in [-0.2, -0.15) is 0 Å². The number of piperidine rings is 1. The summed E-state index contributed by atoms with van der Waals surface area (Å²) in [5.41, 5.74) is 2.22. The van der Waals surface area contributed by atoms with Gasteiger partial charge in [-0.15, -0.1) is 0 Å². The molecule has 1 aliphatic rings. The Morgan fingerprint density at radius 3 is 2.59 bits per heavy atom. The Kier molecular flexibility index (Phi) is 5.58. The molecular formula is C23H24F2N4O3. The molecule has 1 aliphatic heterocycles. The molecule has 9 heteroatoms. The number of aromatic carboxylic acids is 1. The molecular weight excluding hydrogens is 418 g/mol. The summed E-state index contributed by atoms with van der Waals surface area (Å²) in [6.45, 7) is 3.95. The van der Waals surface area contributed by atoms with E-state index in [1.807, 2.05) is 19.9 Å². The van der Waals surface area contributed by atoms with Gasteiger partial charge < -0.3 is 15.3 Å². The first-order chi connectivity index (χ1) is 15.1. The Bertz CT molecular complexity index is 1230. The minimum Gasteiger partial charge on any atom is -0.478 e. The minimum atomic E-state index is -2.69. The second-order valence-electron chi connectivity index (χ2n) is 8.18. The number of carboxylic acid groups (broad SMARTS) is 1. The van der Waals surface area contributed by atoms with Gasteiger partial charge in [0, 0.05) is 49.4 Å². The average molecular weight is 442 g/mol. The Hall–Kier alpha value is -3.49. The molecule has 1 atom stereocenters. The van der Waals surface area contributed by atoms with Crippen molar-refractivity contribution in [2.45, 2.75) is 38.7 Å². The van der Waals surface area contributed by atoms with Crippen LogP contribution in [0.4, 0.5) is 20.3 Å². The number of carbonyl (C=O) groups is 1. The Balaban J connectivity index is 1.75. The smallest absolute Gasteiger partial charge is 0.337 e. The molecule has 32 heavy (non-hydrogen) atoms. The third kappa shape index (κ3) is 4.28. The number of anilines is 2. The summed E-state index contributed by atoms with van der Waals surface area (Å²) in [5, 5.41) is 12.7. The number of hydrogen-bond acceptors (Lipinski definition) is 5. The normalized spacial score (nSPS) is 16.7. The fourth-order valence-corrected chi connectivity index (χ4v) is 4.01. The van der Waals surface area contributed by atoms with Crippen molar-refractivity contribution in [2.75, 3.05) is 23.3 Å². The lowest BCUT2D eigenvalue weighted by Gasteiger charge is -2.32. The zero-order valence-electron chi connectivity index (χ0n) is 17.8. The molecule has 3 aromatic rings. The first-order valence-corrected chi connectivity index (χ1v) is 10.4. The summed E-state index contributed by atoms with van der Waals surface area (Å²) in [6, 6.07) is 9.46. The van der Waals surface area contributed by atoms with E-state index in [0.29, 0.717) is 22.7 Å². The Labute approximate surface area is 183 Å². The molecule has 1 fully saturated rings. The maximum atomic E-state index is 13.6. The number of fused-ring (bicyclic) bond motifs is 1. The van der Waals surface area contributed by atoms with Crippen molar-refractivity contribution < 1.29 is 18.7 Å². The van der Waals surface area contributed by atoms with Crippen molar-refractivity contribution in [3.8, 4) is 0 Å². The quantitative estimate of drug-likeness (QED) is 0.619. The summed E-state index contributed by atoms with van der Waals surface area (Å²) in [7, 11) is 0. The summed E-state index contributed by atoms with van der Waals surface area (Å²) in [4.78, 5) is 30.8. The number of hydrogen-bond donors (Lipinski definition) is 2. The molecule has 0 amide bonds. The number of benzene rings is 1. The van der Waals surface area contributed by atoms with E-state index >= 15 is 0 Å². The van der Waals surface area contributed by atoms with Crippen LogP contribution in [0.2, 0.25) is 0 Å². The molecule has 0 spiro atoms. The van der Waals surface area contributed by atoms with Gasteiger partial charge in [0.15, 0.2) is 0 Å². The summed E-state index contributed by atoms with van der Waals surface area (Å²) >= 11 is 0. The van der Waals surface area contributed by atoms with Crippen molar-refractivity contribution in [3.05, 3.63) is 69.6 Å². The number of aromatic nitrogens is 2. The maximum absolute atomic E-state index is 13.6. The molecule has 0 bridgehead atoms. The SMILES string of the molecule is Cc1cc([C@@H](C)Nc2ccccc2C(=O)O)c2nc(N3CCC(F)(F)CC3)cc(=O)n2c1. The zero-order chi connectivity index (χ0) is 23.0. The lowest BCUT2D eigenvalue weighted by atomic mass is 10.1. The predicted molar refractivity (Wildman–Crippen MR) is 118 cm³/mol. The monoisotopic (exact) mass is 442 g/mol. The maximum Gasteiger partial charge on any atom is 0.337 e.